The third kappa shape index (κ3) is 5.13. The maximum atomic E-state index is 12.4. The molecule has 28 heavy (non-hydrogen) atoms. The second kappa shape index (κ2) is 8.93. The van der Waals surface area contributed by atoms with Crippen molar-refractivity contribution in [3.63, 3.8) is 0 Å². The third-order valence-corrected chi connectivity index (χ3v) is 6.99. The molecule has 3 amide bonds. The largest absolute Gasteiger partial charge is 0.388 e. The van der Waals surface area contributed by atoms with Gasteiger partial charge in [0.15, 0.2) is 9.84 Å². The summed E-state index contributed by atoms with van der Waals surface area (Å²) in [5.74, 6) is -0.143. The van der Waals surface area contributed by atoms with E-state index in [0.717, 1.165) is 6.42 Å². The van der Waals surface area contributed by atoms with E-state index in [-0.39, 0.29) is 61.7 Å². The number of nitrogens with zero attached hydrogens (tertiary/aromatic N) is 1. The number of carbonyl (C=O) groups is 2. The summed E-state index contributed by atoms with van der Waals surface area (Å²) in [6.07, 6.45) is -1.17. The van der Waals surface area contributed by atoms with Crippen LogP contribution in [0.2, 0.25) is 0 Å². The monoisotopic (exact) mass is 419 g/mol. The topological polar surface area (TPSA) is 134 Å². The molecule has 0 aromatic heterocycles. The highest BCUT2D eigenvalue weighted by atomic mass is 32.2. The van der Waals surface area contributed by atoms with Gasteiger partial charge in [0.25, 0.3) is 0 Å². The number of amides is 3. The van der Waals surface area contributed by atoms with Gasteiger partial charge < -0.3 is 30.1 Å². The number of fused-ring (bicyclic) bond motifs is 1. The van der Waals surface area contributed by atoms with Gasteiger partial charge in [-0.1, -0.05) is 6.92 Å². The summed E-state index contributed by atoms with van der Waals surface area (Å²) in [6.45, 7) is 3.14. The Labute approximate surface area is 164 Å². The second-order valence-corrected chi connectivity index (χ2v) is 9.84. The molecular weight excluding hydrogens is 390 g/mol. The van der Waals surface area contributed by atoms with Crippen molar-refractivity contribution in [3.8, 4) is 0 Å². The number of nitrogens with one attached hydrogen (secondary N) is 2. The number of sulfone groups is 1. The van der Waals surface area contributed by atoms with Crippen molar-refractivity contribution in [2.24, 2.45) is 0 Å². The van der Waals surface area contributed by atoms with Gasteiger partial charge in [-0.3, -0.25) is 4.79 Å². The first-order valence-corrected chi connectivity index (χ1v) is 11.6. The standard InChI is InChI=1S/C17H29N3O7S/c1-2-3-18-17(23)19-10-13-15(22)16-12(27-13)8-11(26-16)9-14(21)20-4-6-28(24,25)7-5-20/h11-13,15-16,22H,2-10H2,1H3,(H2,18,19,23). The van der Waals surface area contributed by atoms with Gasteiger partial charge in [-0.05, 0) is 6.42 Å². The molecule has 0 aromatic carbocycles. The highest BCUT2D eigenvalue weighted by molar-refractivity contribution is 7.91. The van der Waals surface area contributed by atoms with Crippen molar-refractivity contribution < 1.29 is 32.6 Å². The zero-order chi connectivity index (χ0) is 20.3. The van der Waals surface area contributed by atoms with Crippen molar-refractivity contribution in [2.45, 2.75) is 56.7 Å². The summed E-state index contributed by atoms with van der Waals surface area (Å²) in [4.78, 5) is 25.5. The van der Waals surface area contributed by atoms with Crippen LogP contribution in [-0.4, -0.2) is 98.6 Å². The molecule has 5 unspecified atom stereocenters. The van der Waals surface area contributed by atoms with Gasteiger partial charge in [0.05, 0.1) is 30.1 Å². The average molecular weight is 420 g/mol. The Kier molecular flexibility index (Phi) is 6.79. The molecule has 0 saturated carbocycles. The molecule has 3 N–H and O–H groups in total. The first-order chi connectivity index (χ1) is 13.3. The van der Waals surface area contributed by atoms with Crippen molar-refractivity contribution >= 4 is 21.8 Å². The molecule has 3 aliphatic rings. The number of hydrogen-bond acceptors (Lipinski definition) is 7. The number of rotatable bonds is 6. The van der Waals surface area contributed by atoms with Crippen LogP contribution in [-0.2, 0) is 24.1 Å². The molecular formula is C17H29N3O7S. The van der Waals surface area contributed by atoms with E-state index >= 15 is 0 Å². The summed E-state index contributed by atoms with van der Waals surface area (Å²) < 4.78 is 34.6. The summed E-state index contributed by atoms with van der Waals surface area (Å²) in [7, 11) is -3.03. The molecule has 3 fully saturated rings. The minimum Gasteiger partial charge on any atom is -0.388 e. The third-order valence-electron chi connectivity index (χ3n) is 5.38. The summed E-state index contributed by atoms with van der Waals surface area (Å²) in [5.41, 5.74) is 0. The lowest BCUT2D eigenvalue weighted by atomic mass is 10.1. The van der Waals surface area contributed by atoms with Crippen molar-refractivity contribution in [2.75, 3.05) is 37.7 Å². The van der Waals surface area contributed by atoms with E-state index in [1.165, 1.54) is 0 Å². The minimum atomic E-state index is -3.03. The van der Waals surface area contributed by atoms with Gasteiger partial charge in [-0.2, -0.15) is 0 Å². The maximum Gasteiger partial charge on any atom is 0.314 e. The number of urea groups is 1. The van der Waals surface area contributed by atoms with Crippen molar-refractivity contribution in [3.05, 3.63) is 0 Å². The SMILES string of the molecule is CCCNC(=O)NCC1OC2CC(CC(=O)N3CCS(=O)(=O)CC3)OC2C1O. The van der Waals surface area contributed by atoms with Gasteiger partial charge in [0.1, 0.15) is 18.3 Å². The molecule has 0 aromatic rings. The molecule has 3 rings (SSSR count). The smallest absolute Gasteiger partial charge is 0.314 e. The molecule has 10 nitrogen and oxygen atoms in total. The number of hydrogen-bond donors (Lipinski definition) is 3. The van der Waals surface area contributed by atoms with E-state index in [1.54, 1.807) is 4.90 Å². The van der Waals surface area contributed by atoms with Crippen LogP contribution < -0.4 is 10.6 Å². The quantitative estimate of drug-likeness (QED) is 0.483. The van der Waals surface area contributed by atoms with Crippen LogP contribution >= 0.6 is 0 Å². The molecule has 5 atom stereocenters. The summed E-state index contributed by atoms with van der Waals surface area (Å²) in [5, 5.41) is 15.8. The minimum absolute atomic E-state index is 0.00213. The predicted octanol–water partition coefficient (Wildman–Crippen LogP) is -1.37. The fraction of sp³-hybridized carbons (Fsp3) is 0.882. The van der Waals surface area contributed by atoms with E-state index in [4.69, 9.17) is 9.47 Å². The van der Waals surface area contributed by atoms with Crippen molar-refractivity contribution in [1.29, 1.82) is 0 Å². The summed E-state index contributed by atoms with van der Waals surface area (Å²) in [6, 6.07) is -0.303. The Hall–Kier alpha value is -1.43. The van der Waals surface area contributed by atoms with Crippen LogP contribution in [0.5, 0.6) is 0 Å². The zero-order valence-corrected chi connectivity index (χ0v) is 16.8. The zero-order valence-electron chi connectivity index (χ0n) is 16.0. The highest BCUT2D eigenvalue weighted by Crippen LogP contribution is 2.35. The predicted molar refractivity (Wildman–Crippen MR) is 99.5 cm³/mol. The van der Waals surface area contributed by atoms with Gasteiger partial charge in [0, 0.05) is 32.6 Å². The molecule has 0 spiro atoms. The summed E-state index contributed by atoms with van der Waals surface area (Å²) >= 11 is 0. The molecule has 0 aliphatic carbocycles. The van der Waals surface area contributed by atoms with Crippen LogP contribution in [0.4, 0.5) is 4.79 Å². The van der Waals surface area contributed by atoms with Gasteiger partial charge >= 0.3 is 6.03 Å². The van der Waals surface area contributed by atoms with Gasteiger partial charge in [-0.15, -0.1) is 0 Å². The van der Waals surface area contributed by atoms with E-state index < -0.39 is 28.1 Å². The molecule has 0 radical (unpaired) electrons. The Bertz CT molecular complexity index is 672. The molecule has 3 heterocycles. The van der Waals surface area contributed by atoms with Crippen LogP contribution in [0.1, 0.15) is 26.2 Å². The molecule has 11 heteroatoms. The normalized spacial score (nSPS) is 34.1. The maximum absolute atomic E-state index is 12.4. The van der Waals surface area contributed by atoms with Gasteiger partial charge in [0.2, 0.25) is 5.91 Å². The van der Waals surface area contributed by atoms with E-state index in [9.17, 15) is 23.1 Å². The number of carbonyl (C=O) groups excluding carboxylic acids is 2. The lowest BCUT2D eigenvalue weighted by Gasteiger charge is -2.28. The van der Waals surface area contributed by atoms with Crippen LogP contribution in [0.3, 0.4) is 0 Å². The number of aliphatic hydroxyl groups is 1. The lowest BCUT2D eigenvalue weighted by molar-refractivity contribution is -0.134. The Morgan fingerprint density at radius 1 is 1.18 bits per heavy atom. The average Bonchev–Trinajstić information content (AvgIpc) is 3.16. The van der Waals surface area contributed by atoms with Crippen LogP contribution in [0, 0.1) is 0 Å². The molecule has 3 saturated heterocycles. The van der Waals surface area contributed by atoms with E-state index in [2.05, 4.69) is 10.6 Å². The van der Waals surface area contributed by atoms with Crippen LogP contribution in [0.25, 0.3) is 0 Å². The Morgan fingerprint density at radius 2 is 1.89 bits per heavy atom. The molecule has 0 bridgehead atoms. The van der Waals surface area contributed by atoms with Crippen molar-refractivity contribution in [1.82, 2.24) is 15.5 Å². The Morgan fingerprint density at radius 3 is 2.54 bits per heavy atom. The fourth-order valence-electron chi connectivity index (χ4n) is 3.79. The first-order valence-electron chi connectivity index (χ1n) is 9.78. The van der Waals surface area contributed by atoms with E-state index in [0.29, 0.717) is 13.0 Å². The van der Waals surface area contributed by atoms with Crippen LogP contribution in [0.15, 0.2) is 0 Å². The second-order valence-electron chi connectivity index (χ2n) is 7.54. The highest BCUT2D eigenvalue weighted by Gasteiger charge is 2.50. The first kappa shape index (κ1) is 21.3. The molecule has 160 valence electrons. The fourth-order valence-corrected chi connectivity index (χ4v) is 4.99. The number of ether oxygens (including phenoxy) is 2. The number of aliphatic hydroxyl groups excluding tert-OH is 1. The molecule has 3 aliphatic heterocycles. The lowest BCUT2D eigenvalue weighted by Crippen LogP contribution is -2.45. The Balaban J connectivity index is 1.42. The van der Waals surface area contributed by atoms with Gasteiger partial charge in [-0.25, -0.2) is 13.2 Å². The van der Waals surface area contributed by atoms with E-state index in [1.807, 2.05) is 6.92 Å².